The largest absolute Gasteiger partial charge is 0.504 e. The molecular formula is C19H28O4. The van der Waals surface area contributed by atoms with Crippen LogP contribution in [-0.4, -0.2) is 29.7 Å². The van der Waals surface area contributed by atoms with E-state index in [1.165, 1.54) is 26.0 Å². The van der Waals surface area contributed by atoms with Crippen LogP contribution in [0.25, 0.3) is 0 Å². The van der Waals surface area contributed by atoms with Crippen LogP contribution in [0.4, 0.5) is 0 Å². The Kier molecular flexibility index (Phi) is 5.04. The summed E-state index contributed by atoms with van der Waals surface area (Å²) in [5.74, 6) is 1.27. The molecule has 0 aromatic heterocycles. The van der Waals surface area contributed by atoms with Crippen molar-refractivity contribution >= 4 is 6.29 Å². The maximum absolute atomic E-state index is 10.2. The van der Waals surface area contributed by atoms with E-state index in [1.807, 2.05) is 0 Å². The number of phenolic OH excluding ortho intramolecular Hbond substituents is 1. The number of phenols is 1. The number of ether oxygens (including phenoxy) is 1. The SMILES string of the molecule is CC1(C)[C@@H]2CC[C@]1(C)[C@@H](O)C2.COc1cc(CC=O)ccc1O. The number of methoxy groups -OCH3 is 1. The lowest BCUT2D eigenvalue weighted by Gasteiger charge is -2.36. The van der Waals surface area contributed by atoms with Crippen LogP contribution in [0.3, 0.4) is 0 Å². The van der Waals surface area contributed by atoms with Gasteiger partial charge in [0.05, 0.1) is 13.2 Å². The molecule has 0 spiro atoms. The molecule has 0 unspecified atom stereocenters. The number of rotatable bonds is 3. The predicted octanol–water partition coefficient (Wildman–Crippen LogP) is 3.34. The van der Waals surface area contributed by atoms with Crippen molar-refractivity contribution in [2.24, 2.45) is 16.7 Å². The monoisotopic (exact) mass is 320 g/mol. The third-order valence-corrected chi connectivity index (χ3v) is 6.31. The highest BCUT2D eigenvalue weighted by atomic mass is 16.5. The minimum Gasteiger partial charge on any atom is -0.504 e. The fourth-order valence-corrected chi connectivity index (χ4v) is 4.11. The molecule has 128 valence electrons. The van der Waals surface area contributed by atoms with Gasteiger partial charge in [0.1, 0.15) is 6.29 Å². The average molecular weight is 320 g/mol. The van der Waals surface area contributed by atoms with Crippen LogP contribution in [0.2, 0.25) is 0 Å². The molecule has 2 aliphatic rings. The lowest BCUT2D eigenvalue weighted by atomic mass is 9.70. The van der Waals surface area contributed by atoms with Gasteiger partial charge in [-0.15, -0.1) is 0 Å². The molecule has 0 heterocycles. The van der Waals surface area contributed by atoms with Gasteiger partial charge in [-0.25, -0.2) is 0 Å². The molecular weight excluding hydrogens is 292 g/mol. The van der Waals surface area contributed by atoms with Crippen LogP contribution in [0, 0.1) is 16.7 Å². The Labute approximate surface area is 138 Å². The van der Waals surface area contributed by atoms with Crippen molar-refractivity contribution in [3.8, 4) is 11.5 Å². The number of hydrogen-bond acceptors (Lipinski definition) is 4. The van der Waals surface area contributed by atoms with Crippen molar-refractivity contribution in [2.45, 2.75) is 52.6 Å². The van der Waals surface area contributed by atoms with Gasteiger partial charge in [-0.05, 0) is 53.7 Å². The number of aldehydes is 1. The smallest absolute Gasteiger partial charge is 0.160 e. The van der Waals surface area contributed by atoms with Crippen molar-refractivity contribution < 1.29 is 19.7 Å². The maximum Gasteiger partial charge on any atom is 0.160 e. The van der Waals surface area contributed by atoms with Crippen LogP contribution in [-0.2, 0) is 11.2 Å². The molecule has 4 nitrogen and oxygen atoms in total. The summed E-state index contributed by atoms with van der Waals surface area (Å²) < 4.78 is 4.87. The van der Waals surface area contributed by atoms with Gasteiger partial charge in [-0.3, -0.25) is 0 Å². The zero-order chi connectivity index (χ0) is 17.3. The molecule has 0 amide bonds. The molecule has 1 aromatic carbocycles. The van der Waals surface area contributed by atoms with E-state index in [0.717, 1.165) is 24.2 Å². The van der Waals surface area contributed by atoms with Crippen molar-refractivity contribution in [3.05, 3.63) is 23.8 Å². The molecule has 3 atom stereocenters. The lowest BCUT2D eigenvalue weighted by Crippen LogP contribution is -2.35. The van der Waals surface area contributed by atoms with Crippen molar-refractivity contribution in [1.82, 2.24) is 0 Å². The van der Waals surface area contributed by atoms with Gasteiger partial charge in [-0.2, -0.15) is 0 Å². The first kappa shape index (κ1) is 17.8. The highest BCUT2D eigenvalue weighted by Gasteiger charge is 2.60. The molecule has 0 radical (unpaired) electrons. The van der Waals surface area contributed by atoms with E-state index in [2.05, 4.69) is 20.8 Å². The zero-order valence-electron chi connectivity index (χ0n) is 14.5. The van der Waals surface area contributed by atoms with Gasteiger partial charge in [0, 0.05) is 6.42 Å². The van der Waals surface area contributed by atoms with Gasteiger partial charge >= 0.3 is 0 Å². The standard InChI is InChI=1S/C10H18O.C9H10O3/c1-9(2)7-4-5-10(9,3)8(11)6-7;1-12-9-6-7(4-5-10)2-3-8(9)11/h7-8,11H,4-6H2,1-3H3;2-3,5-6,11H,4H2,1H3/t7-,8+,10-;/m1./s1. The molecule has 1 aromatic rings. The van der Waals surface area contributed by atoms with E-state index < -0.39 is 0 Å². The van der Waals surface area contributed by atoms with Gasteiger partial charge < -0.3 is 19.7 Å². The topological polar surface area (TPSA) is 66.8 Å². The number of hydrogen-bond donors (Lipinski definition) is 2. The molecule has 2 bridgehead atoms. The molecule has 2 saturated carbocycles. The summed E-state index contributed by atoms with van der Waals surface area (Å²) in [4.78, 5) is 10.2. The second kappa shape index (κ2) is 6.52. The van der Waals surface area contributed by atoms with Gasteiger partial charge in [0.2, 0.25) is 0 Å². The summed E-state index contributed by atoms with van der Waals surface area (Å²) in [6.45, 7) is 6.90. The normalized spacial score (nSPS) is 30.5. The van der Waals surface area contributed by atoms with Crippen LogP contribution < -0.4 is 4.74 Å². The first-order valence-electron chi connectivity index (χ1n) is 8.24. The summed E-state index contributed by atoms with van der Waals surface area (Å²) in [5, 5.41) is 19.0. The number of carbonyl (C=O) groups excluding carboxylic acids is 1. The molecule has 2 N–H and O–H groups in total. The first-order chi connectivity index (χ1) is 10.8. The Balaban J connectivity index is 0.000000167. The minimum atomic E-state index is -0.0313. The Morgan fingerprint density at radius 2 is 2.04 bits per heavy atom. The fourth-order valence-electron chi connectivity index (χ4n) is 4.11. The zero-order valence-corrected chi connectivity index (χ0v) is 14.5. The number of carbonyl (C=O) groups is 1. The summed E-state index contributed by atoms with van der Waals surface area (Å²) in [6, 6.07) is 4.84. The molecule has 23 heavy (non-hydrogen) atoms. The summed E-state index contributed by atoms with van der Waals surface area (Å²) in [6.07, 6.45) is 4.73. The van der Waals surface area contributed by atoms with Gasteiger partial charge in [0.15, 0.2) is 11.5 Å². The number of benzene rings is 1. The van der Waals surface area contributed by atoms with Gasteiger partial charge in [0.25, 0.3) is 0 Å². The second-order valence-electron chi connectivity index (χ2n) is 7.50. The Morgan fingerprint density at radius 3 is 2.43 bits per heavy atom. The summed E-state index contributed by atoms with van der Waals surface area (Å²) >= 11 is 0. The molecule has 0 aliphatic heterocycles. The van der Waals surface area contributed by atoms with Gasteiger partial charge in [-0.1, -0.05) is 26.8 Å². The Morgan fingerprint density at radius 1 is 1.35 bits per heavy atom. The first-order valence-corrected chi connectivity index (χ1v) is 8.24. The molecule has 2 aliphatic carbocycles. The predicted molar refractivity (Wildman–Crippen MR) is 89.7 cm³/mol. The van der Waals surface area contributed by atoms with Crippen LogP contribution in [0.15, 0.2) is 18.2 Å². The van der Waals surface area contributed by atoms with E-state index >= 15 is 0 Å². The summed E-state index contributed by atoms with van der Waals surface area (Å²) in [5.41, 5.74) is 1.43. The van der Waals surface area contributed by atoms with Crippen LogP contribution >= 0.6 is 0 Å². The fraction of sp³-hybridized carbons (Fsp3) is 0.632. The molecule has 2 fully saturated rings. The third-order valence-electron chi connectivity index (χ3n) is 6.31. The van der Waals surface area contributed by atoms with E-state index in [0.29, 0.717) is 17.6 Å². The number of fused-ring (bicyclic) bond motifs is 2. The average Bonchev–Trinajstić information content (AvgIpc) is 2.83. The summed E-state index contributed by atoms with van der Waals surface area (Å²) in [7, 11) is 1.47. The minimum absolute atomic E-state index is 0.0313. The van der Waals surface area contributed by atoms with E-state index in [1.54, 1.807) is 12.1 Å². The van der Waals surface area contributed by atoms with Crippen LogP contribution in [0.5, 0.6) is 11.5 Å². The number of aromatic hydroxyl groups is 1. The second-order valence-corrected chi connectivity index (χ2v) is 7.50. The van der Waals surface area contributed by atoms with E-state index in [9.17, 15) is 15.0 Å². The Hall–Kier alpha value is -1.55. The quantitative estimate of drug-likeness (QED) is 0.838. The number of aliphatic hydroxyl groups excluding tert-OH is 1. The van der Waals surface area contributed by atoms with Crippen LogP contribution in [0.1, 0.15) is 45.6 Å². The third kappa shape index (κ3) is 3.09. The van der Waals surface area contributed by atoms with E-state index in [-0.39, 0.29) is 17.3 Å². The highest BCUT2D eigenvalue weighted by Crippen LogP contribution is 2.65. The van der Waals surface area contributed by atoms with Crippen molar-refractivity contribution in [2.75, 3.05) is 7.11 Å². The number of aliphatic hydroxyl groups is 1. The Bertz CT molecular complexity index is 566. The highest BCUT2D eigenvalue weighted by molar-refractivity contribution is 5.56. The molecule has 3 rings (SSSR count). The van der Waals surface area contributed by atoms with Crippen molar-refractivity contribution in [3.63, 3.8) is 0 Å². The maximum atomic E-state index is 10.2. The lowest BCUT2D eigenvalue weighted by molar-refractivity contribution is -0.107. The molecule has 0 saturated heterocycles. The van der Waals surface area contributed by atoms with Crippen molar-refractivity contribution in [1.29, 1.82) is 0 Å². The molecule has 4 heteroatoms. The van der Waals surface area contributed by atoms with E-state index in [4.69, 9.17) is 4.74 Å².